The van der Waals surface area contributed by atoms with Crippen LogP contribution in [0.15, 0.2) is 53.0 Å². The molecule has 7 nitrogen and oxygen atoms in total. The van der Waals surface area contributed by atoms with Gasteiger partial charge in [-0.05, 0) is 49.6 Å². The van der Waals surface area contributed by atoms with Gasteiger partial charge >= 0.3 is 0 Å². The first-order valence-electron chi connectivity index (χ1n) is 10.2. The molecule has 1 aromatic carbocycles. The smallest absolute Gasteiger partial charge is 0.251 e. The minimum atomic E-state index is -3.61. The van der Waals surface area contributed by atoms with E-state index in [1.807, 2.05) is 17.5 Å². The Morgan fingerprint density at radius 1 is 1.13 bits per heavy atom. The molecule has 2 aromatic heterocycles. The number of hydrogen-bond donors (Lipinski definition) is 1. The molecule has 1 aliphatic heterocycles. The van der Waals surface area contributed by atoms with Crippen molar-refractivity contribution in [3.05, 3.63) is 64.2 Å². The zero-order valence-corrected chi connectivity index (χ0v) is 18.9. The molecule has 0 aliphatic carbocycles. The van der Waals surface area contributed by atoms with E-state index in [9.17, 15) is 13.2 Å². The van der Waals surface area contributed by atoms with E-state index in [1.165, 1.54) is 21.7 Å². The lowest BCUT2D eigenvalue weighted by Gasteiger charge is -2.26. The summed E-state index contributed by atoms with van der Waals surface area (Å²) in [6, 6.07) is 8.60. The Kier molecular flexibility index (Phi) is 6.45. The number of benzene rings is 1. The predicted octanol–water partition coefficient (Wildman–Crippen LogP) is 3.62. The first-order valence-corrected chi connectivity index (χ1v) is 12.5. The second-order valence-electron chi connectivity index (χ2n) is 7.49. The molecule has 4 rings (SSSR count). The molecule has 162 valence electrons. The highest BCUT2D eigenvalue weighted by molar-refractivity contribution is 7.89. The Morgan fingerprint density at radius 3 is 2.61 bits per heavy atom. The number of thiazole rings is 1. The van der Waals surface area contributed by atoms with Crippen molar-refractivity contribution in [3.63, 3.8) is 0 Å². The minimum Gasteiger partial charge on any atom is -0.346 e. The van der Waals surface area contributed by atoms with Gasteiger partial charge in [0.15, 0.2) is 0 Å². The largest absolute Gasteiger partial charge is 0.346 e. The highest BCUT2D eigenvalue weighted by Crippen LogP contribution is 2.25. The van der Waals surface area contributed by atoms with E-state index in [-0.39, 0.29) is 17.3 Å². The van der Waals surface area contributed by atoms with Crippen LogP contribution in [0.25, 0.3) is 11.3 Å². The van der Waals surface area contributed by atoms with E-state index < -0.39 is 10.0 Å². The van der Waals surface area contributed by atoms with Gasteiger partial charge in [-0.15, -0.1) is 11.3 Å². The van der Waals surface area contributed by atoms with Gasteiger partial charge in [0.1, 0.15) is 5.01 Å². The molecule has 1 amide bonds. The van der Waals surface area contributed by atoms with Gasteiger partial charge in [-0.2, -0.15) is 4.31 Å². The number of hydrogen-bond acceptors (Lipinski definition) is 6. The van der Waals surface area contributed by atoms with E-state index in [1.54, 1.807) is 31.5 Å². The van der Waals surface area contributed by atoms with Crippen molar-refractivity contribution in [2.24, 2.45) is 0 Å². The van der Waals surface area contributed by atoms with Crippen LogP contribution in [0.4, 0.5) is 0 Å². The van der Waals surface area contributed by atoms with E-state index in [0.717, 1.165) is 35.5 Å². The number of sulfonamides is 1. The number of nitrogens with zero attached hydrogens (tertiary/aromatic N) is 3. The lowest BCUT2D eigenvalue weighted by atomic mass is 10.1. The maximum Gasteiger partial charge on any atom is 0.251 e. The fourth-order valence-corrected chi connectivity index (χ4v) is 6.08. The Labute approximate surface area is 186 Å². The number of aryl methyl sites for hydroxylation is 1. The molecule has 3 aromatic rings. The zero-order chi connectivity index (χ0) is 21.8. The van der Waals surface area contributed by atoms with Gasteiger partial charge in [0, 0.05) is 42.0 Å². The Bertz CT molecular complexity index is 1170. The number of aromatic nitrogens is 2. The Hall–Kier alpha value is -2.62. The molecule has 9 heteroatoms. The number of amides is 1. The van der Waals surface area contributed by atoms with Crippen LogP contribution in [0.1, 0.15) is 40.2 Å². The Balaban J connectivity index is 1.47. The third-order valence-electron chi connectivity index (χ3n) is 5.31. The molecular weight excluding hydrogens is 432 g/mol. The van der Waals surface area contributed by atoms with Crippen LogP contribution in [-0.4, -0.2) is 41.7 Å². The van der Waals surface area contributed by atoms with Crippen molar-refractivity contribution < 1.29 is 13.2 Å². The van der Waals surface area contributed by atoms with Gasteiger partial charge in [-0.1, -0.05) is 12.5 Å². The lowest BCUT2D eigenvalue weighted by Crippen LogP contribution is -2.36. The van der Waals surface area contributed by atoms with E-state index in [4.69, 9.17) is 0 Å². The number of piperidine rings is 1. The first-order chi connectivity index (χ1) is 14.9. The summed E-state index contributed by atoms with van der Waals surface area (Å²) in [6.07, 6.45) is 6.21. The fraction of sp³-hybridized carbons (Fsp3) is 0.318. The van der Waals surface area contributed by atoms with Crippen molar-refractivity contribution in [3.8, 4) is 11.3 Å². The summed E-state index contributed by atoms with van der Waals surface area (Å²) in [6.45, 7) is 3.09. The topological polar surface area (TPSA) is 92.3 Å². The normalized spacial score (nSPS) is 15.0. The van der Waals surface area contributed by atoms with Crippen LogP contribution in [0.5, 0.6) is 0 Å². The van der Waals surface area contributed by atoms with Crippen molar-refractivity contribution in [1.29, 1.82) is 0 Å². The molecule has 0 atom stereocenters. The van der Waals surface area contributed by atoms with Gasteiger partial charge in [-0.25, -0.2) is 13.4 Å². The molecule has 3 heterocycles. The van der Waals surface area contributed by atoms with Crippen LogP contribution >= 0.6 is 11.3 Å². The molecular formula is C22H24N4O3S2. The monoisotopic (exact) mass is 456 g/mol. The maximum absolute atomic E-state index is 13.1. The maximum atomic E-state index is 13.1. The predicted molar refractivity (Wildman–Crippen MR) is 120 cm³/mol. The van der Waals surface area contributed by atoms with Crippen molar-refractivity contribution in [1.82, 2.24) is 19.6 Å². The summed E-state index contributed by atoms with van der Waals surface area (Å²) >= 11 is 1.46. The molecule has 1 saturated heterocycles. The summed E-state index contributed by atoms with van der Waals surface area (Å²) in [7, 11) is -3.61. The van der Waals surface area contributed by atoms with Gasteiger partial charge in [0.25, 0.3) is 5.91 Å². The molecule has 1 aliphatic rings. The number of rotatable bonds is 6. The second kappa shape index (κ2) is 9.25. The zero-order valence-electron chi connectivity index (χ0n) is 17.2. The van der Waals surface area contributed by atoms with Gasteiger partial charge in [-0.3, -0.25) is 9.78 Å². The molecule has 0 spiro atoms. The van der Waals surface area contributed by atoms with Crippen molar-refractivity contribution in [2.45, 2.75) is 37.6 Å². The third-order valence-corrected chi connectivity index (χ3v) is 8.20. The average Bonchev–Trinajstić information content (AvgIpc) is 3.28. The molecule has 0 radical (unpaired) electrons. The van der Waals surface area contributed by atoms with Gasteiger partial charge < -0.3 is 5.32 Å². The molecule has 31 heavy (non-hydrogen) atoms. The van der Waals surface area contributed by atoms with E-state index >= 15 is 0 Å². The molecule has 0 saturated carbocycles. The van der Waals surface area contributed by atoms with Gasteiger partial charge in [0.2, 0.25) is 10.0 Å². The summed E-state index contributed by atoms with van der Waals surface area (Å²) in [5.74, 6) is -0.323. The van der Waals surface area contributed by atoms with Crippen molar-refractivity contribution in [2.75, 3.05) is 13.1 Å². The van der Waals surface area contributed by atoms with Crippen LogP contribution in [0.3, 0.4) is 0 Å². The summed E-state index contributed by atoms with van der Waals surface area (Å²) in [4.78, 5) is 21.5. The highest BCUT2D eigenvalue weighted by atomic mass is 32.2. The van der Waals surface area contributed by atoms with Crippen LogP contribution < -0.4 is 5.32 Å². The highest BCUT2D eigenvalue weighted by Gasteiger charge is 2.28. The lowest BCUT2D eigenvalue weighted by molar-refractivity contribution is 0.0950. The first kappa shape index (κ1) is 21.6. The SMILES string of the molecule is Cc1ccc(C(=O)NCc2nc(-c3ccncc3)cs2)cc1S(=O)(=O)N1CCCCC1. The van der Waals surface area contributed by atoms with E-state index in [2.05, 4.69) is 15.3 Å². The Morgan fingerprint density at radius 2 is 1.87 bits per heavy atom. The van der Waals surface area contributed by atoms with Gasteiger partial charge in [0.05, 0.1) is 17.1 Å². The molecule has 0 bridgehead atoms. The fourth-order valence-electron chi connectivity index (χ4n) is 3.57. The number of pyridine rings is 1. The van der Waals surface area contributed by atoms with Crippen LogP contribution in [-0.2, 0) is 16.6 Å². The molecule has 0 unspecified atom stereocenters. The summed E-state index contributed by atoms with van der Waals surface area (Å²) in [5.41, 5.74) is 2.77. The standard InChI is InChI=1S/C22H24N4O3S2/c1-16-5-6-18(13-20(16)31(28,29)26-11-3-2-4-12-26)22(27)24-14-21-25-19(15-30-21)17-7-9-23-10-8-17/h5-10,13,15H,2-4,11-12,14H2,1H3,(H,24,27). The van der Waals surface area contributed by atoms with E-state index in [0.29, 0.717) is 24.2 Å². The van der Waals surface area contributed by atoms with Crippen LogP contribution in [0.2, 0.25) is 0 Å². The number of carbonyl (C=O) groups is 1. The quantitative estimate of drug-likeness (QED) is 0.612. The van der Waals surface area contributed by atoms with Crippen LogP contribution in [0, 0.1) is 6.92 Å². The number of nitrogens with one attached hydrogen (secondary N) is 1. The molecule has 1 fully saturated rings. The third kappa shape index (κ3) is 4.84. The van der Waals surface area contributed by atoms with Crippen molar-refractivity contribution >= 4 is 27.3 Å². The number of carbonyl (C=O) groups excluding carboxylic acids is 1. The minimum absolute atomic E-state index is 0.205. The second-order valence-corrected chi connectivity index (χ2v) is 10.3. The summed E-state index contributed by atoms with van der Waals surface area (Å²) < 4.78 is 27.7. The molecule has 1 N–H and O–H groups in total. The average molecular weight is 457 g/mol. The summed E-state index contributed by atoms with van der Waals surface area (Å²) in [5, 5.41) is 5.55.